The molecule has 0 spiro atoms. The van der Waals surface area contributed by atoms with Crippen LogP contribution in [0.25, 0.3) is 11.4 Å². The van der Waals surface area contributed by atoms with E-state index in [2.05, 4.69) is 26.9 Å². The number of hydrogen-bond donors (Lipinski definition) is 0. The lowest BCUT2D eigenvalue weighted by atomic mass is 10.2. The zero-order chi connectivity index (χ0) is 16.9. The van der Waals surface area contributed by atoms with Crippen molar-refractivity contribution in [2.75, 3.05) is 5.75 Å². The summed E-state index contributed by atoms with van der Waals surface area (Å²) in [6.07, 6.45) is 0. The molecule has 2 heterocycles. The third-order valence-corrected chi connectivity index (χ3v) is 6.12. The molecule has 0 aliphatic heterocycles. The molecule has 0 saturated heterocycles. The Hall–Kier alpha value is -1.71. The van der Waals surface area contributed by atoms with Crippen LogP contribution in [-0.4, -0.2) is 26.1 Å². The van der Waals surface area contributed by atoms with E-state index in [9.17, 15) is 4.39 Å². The van der Waals surface area contributed by atoms with Crippen LogP contribution in [0.4, 0.5) is 4.39 Å². The fourth-order valence-electron chi connectivity index (χ4n) is 1.65. The van der Waals surface area contributed by atoms with Crippen LogP contribution in [0.15, 0.2) is 49.6 Å². The lowest BCUT2D eigenvalue weighted by Crippen LogP contribution is -1.83. The zero-order valence-electron chi connectivity index (χ0n) is 12.7. The number of hydrogen-bond acceptors (Lipinski definition) is 8. The van der Waals surface area contributed by atoms with Gasteiger partial charge in [0.2, 0.25) is 11.7 Å². The Balaban J connectivity index is 1.57. The third-order valence-electron chi connectivity index (χ3n) is 2.72. The van der Waals surface area contributed by atoms with Crippen LogP contribution >= 0.6 is 34.9 Å². The van der Waals surface area contributed by atoms with Crippen LogP contribution in [0.1, 0.15) is 12.8 Å². The molecule has 0 saturated carbocycles. The van der Waals surface area contributed by atoms with E-state index in [1.165, 1.54) is 35.2 Å². The zero-order valence-corrected chi connectivity index (χ0v) is 15.2. The van der Waals surface area contributed by atoms with Gasteiger partial charge in [-0.05, 0) is 31.2 Å². The van der Waals surface area contributed by atoms with Crippen molar-refractivity contribution in [3.8, 4) is 11.4 Å². The molecular formula is C15H13FN4OS3. The lowest BCUT2D eigenvalue weighted by Gasteiger charge is -1.93. The average molecular weight is 380 g/mol. The van der Waals surface area contributed by atoms with Gasteiger partial charge in [-0.2, -0.15) is 4.98 Å². The Morgan fingerprint density at radius 3 is 2.62 bits per heavy atom. The predicted molar refractivity (Wildman–Crippen MR) is 94.7 cm³/mol. The van der Waals surface area contributed by atoms with Crippen molar-refractivity contribution in [1.29, 1.82) is 0 Å². The summed E-state index contributed by atoms with van der Waals surface area (Å²) in [5.41, 5.74) is 1.81. The Morgan fingerprint density at radius 2 is 1.92 bits per heavy atom. The molecule has 0 radical (unpaired) electrons. The summed E-state index contributed by atoms with van der Waals surface area (Å²) < 4.78 is 19.9. The molecule has 0 aliphatic rings. The fraction of sp³-hybridized carbons (Fsp3) is 0.200. The smallest absolute Gasteiger partial charge is 0.237 e. The van der Waals surface area contributed by atoms with E-state index in [0.29, 0.717) is 23.0 Å². The van der Waals surface area contributed by atoms with Gasteiger partial charge in [0.25, 0.3) is 0 Å². The van der Waals surface area contributed by atoms with Crippen LogP contribution < -0.4 is 0 Å². The second-order valence-electron chi connectivity index (χ2n) is 4.89. The van der Waals surface area contributed by atoms with Crippen molar-refractivity contribution in [3.05, 3.63) is 48.1 Å². The summed E-state index contributed by atoms with van der Waals surface area (Å²) in [7, 11) is 0. The molecule has 0 N–H and O–H groups in total. The number of halogens is 1. The third kappa shape index (κ3) is 4.65. The van der Waals surface area contributed by atoms with E-state index in [1.54, 1.807) is 23.9 Å². The molecule has 24 heavy (non-hydrogen) atoms. The first kappa shape index (κ1) is 17.1. The van der Waals surface area contributed by atoms with E-state index in [-0.39, 0.29) is 5.82 Å². The molecule has 124 valence electrons. The maximum absolute atomic E-state index is 12.9. The van der Waals surface area contributed by atoms with E-state index < -0.39 is 0 Å². The van der Waals surface area contributed by atoms with Gasteiger partial charge in [0.05, 0.1) is 5.75 Å². The summed E-state index contributed by atoms with van der Waals surface area (Å²) in [5.74, 6) is 1.98. The molecule has 0 bridgehead atoms. The molecule has 1 aromatic carbocycles. The van der Waals surface area contributed by atoms with Gasteiger partial charge >= 0.3 is 0 Å². The van der Waals surface area contributed by atoms with Gasteiger partial charge in [-0.3, -0.25) is 0 Å². The van der Waals surface area contributed by atoms with Gasteiger partial charge in [0, 0.05) is 11.3 Å². The van der Waals surface area contributed by atoms with Crippen LogP contribution in [0.5, 0.6) is 0 Å². The first-order chi connectivity index (χ1) is 11.6. The highest BCUT2D eigenvalue weighted by atomic mass is 32.2. The predicted octanol–water partition coefficient (Wildman–Crippen LogP) is 4.69. The second-order valence-corrected chi connectivity index (χ2v) is 8.31. The molecule has 0 unspecified atom stereocenters. The molecule has 2 aromatic heterocycles. The maximum Gasteiger partial charge on any atom is 0.237 e. The molecule has 9 heteroatoms. The summed E-state index contributed by atoms with van der Waals surface area (Å²) in [5, 5.41) is 12.2. The fourth-order valence-corrected chi connectivity index (χ4v) is 4.35. The normalized spacial score (nSPS) is 10.9. The molecule has 0 amide bonds. The highest BCUT2D eigenvalue weighted by molar-refractivity contribution is 8.03. The standard InChI is InChI=1S/C15H13FN4OS3/c1-9(2)7-22-14-18-19-15(24-14)23-8-12-17-13(20-21-12)10-3-5-11(16)6-4-10/h3-6H,1,7-8H2,2H3. The highest BCUT2D eigenvalue weighted by Crippen LogP contribution is 2.31. The molecule has 3 rings (SSSR count). The Bertz CT molecular complexity index is 831. The monoisotopic (exact) mass is 380 g/mol. The van der Waals surface area contributed by atoms with Gasteiger partial charge in [0.1, 0.15) is 5.82 Å². The molecule has 0 fully saturated rings. The first-order valence-corrected chi connectivity index (χ1v) is 9.71. The Labute approximate surface area is 150 Å². The van der Waals surface area contributed by atoms with Crippen LogP contribution in [-0.2, 0) is 5.75 Å². The summed E-state index contributed by atoms with van der Waals surface area (Å²) in [4.78, 5) is 4.31. The number of benzene rings is 1. The van der Waals surface area contributed by atoms with Crippen molar-refractivity contribution in [2.24, 2.45) is 0 Å². The van der Waals surface area contributed by atoms with Crippen molar-refractivity contribution in [1.82, 2.24) is 20.3 Å². The van der Waals surface area contributed by atoms with Crippen molar-refractivity contribution < 1.29 is 8.91 Å². The molecule has 0 aliphatic carbocycles. The van der Waals surface area contributed by atoms with Crippen molar-refractivity contribution in [3.63, 3.8) is 0 Å². The van der Waals surface area contributed by atoms with Crippen LogP contribution in [0.2, 0.25) is 0 Å². The second kappa shape index (κ2) is 7.91. The lowest BCUT2D eigenvalue weighted by molar-refractivity contribution is 0.391. The summed E-state index contributed by atoms with van der Waals surface area (Å²) in [6, 6.07) is 5.97. The van der Waals surface area contributed by atoms with Gasteiger partial charge in [-0.1, -0.05) is 52.2 Å². The maximum atomic E-state index is 12.9. The minimum absolute atomic E-state index is 0.297. The van der Waals surface area contributed by atoms with Gasteiger partial charge in [0.15, 0.2) is 8.68 Å². The summed E-state index contributed by atoms with van der Waals surface area (Å²) in [6.45, 7) is 5.85. The van der Waals surface area contributed by atoms with Gasteiger partial charge < -0.3 is 4.52 Å². The average Bonchev–Trinajstić information content (AvgIpc) is 3.21. The van der Waals surface area contributed by atoms with Crippen molar-refractivity contribution >= 4 is 34.9 Å². The molecule has 5 nitrogen and oxygen atoms in total. The van der Waals surface area contributed by atoms with Gasteiger partial charge in [-0.15, -0.1) is 10.2 Å². The SMILES string of the molecule is C=C(C)CSc1nnc(SCc2nc(-c3ccc(F)cc3)no2)s1. The topological polar surface area (TPSA) is 64.7 Å². The molecular weight excluding hydrogens is 367 g/mol. The highest BCUT2D eigenvalue weighted by Gasteiger charge is 2.11. The van der Waals surface area contributed by atoms with E-state index in [4.69, 9.17) is 4.52 Å². The van der Waals surface area contributed by atoms with E-state index in [0.717, 1.165) is 20.0 Å². The van der Waals surface area contributed by atoms with Crippen LogP contribution in [0.3, 0.4) is 0 Å². The van der Waals surface area contributed by atoms with Crippen LogP contribution in [0, 0.1) is 5.82 Å². The quantitative estimate of drug-likeness (QED) is 0.435. The van der Waals surface area contributed by atoms with Gasteiger partial charge in [-0.25, -0.2) is 4.39 Å². The Kier molecular flexibility index (Phi) is 5.64. The summed E-state index contributed by atoms with van der Waals surface area (Å²) >= 11 is 4.65. The Morgan fingerprint density at radius 1 is 1.21 bits per heavy atom. The number of thioether (sulfide) groups is 2. The largest absolute Gasteiger partial charge is 0.338 e. The minimum atomic E-state index is -0.297. The minimum Gasteiger partial charge on any atom is -0.338 e. The molecule has 3 aromatic rings. The van der Waals surface area contributed by atoms with Crippen molar-refractivity contribution in [2.45, 2.75) is 21.4 Å². The van der Waals surface area contributed by atoms with E-state index >= 15 is 0 Å². The number of aromatic nitrogens is 4. The number of rotatable bonds is 7. The molecule has 0 atom stereocenters. The van der Waals surface area contributed by atoms with E-state index in [1.807, 2.05) is 6.92 Å². The first-order valence-electron chi connectivity index (χ1n) is 6.92. The number of nitrogens with zero attached hydrogens (tertiary/aromatic N) is 4.